The van der Waals surface area contributed by atoms with E-state index in [1.807, 2.05) is 6.07 Å². The van der Waals surface area contributed by atoms with Crippen molar-refractivity contribution in [3.8, 4) is 11.8 Å². The summed E-state index contributed by atoms with van der Waals surface area (Å²) >= 11 is 6.34. The largest absolute Gasteiger partial charge is 0.481 e. The fourth-order valence-corrected chi connectivity index (χ4v) is 4.49. The molecule has 0 aromatic carbocycles. The molecule has 3 unspecified atom stereocenters. The predicted molar refractivity (Wildman–Crippen MR) is 116 cm³/mol. The number of methoxy groups -OCH3 is 1. The van der Waals surface area contributed by atoms with E-state index >= 15 is 0 Å². The summed E-state index contributed by atoms with van der Waals surface area (Å²) in [6.07, 6.45) is 5.09. The van der Waals surface area contributed by atoms with Crippen molar-refractivity contribution >= 4 is 23.0 Å². The number of nitrogens with zero attached hydrogens (tertiary/aromatic N) is 4. The van der Waals surface area contributed by atoms with Crippen molar-refractivity contribution in [2.45, 2.75) is 32.8 Å². The molecular formula is C22H28ClFN4O2. The third kappa shape index (κ3) is 4.41. The number of piperidine rings is 1. The average molecular weight is 435 g/mol. The van der Waals surface area contributed by atoms with Gasteiger partial charge in [-0.25, -0.2) is 14.4 Å². The lowest BCUT2D eigenvalue weighted by atomic mass is 9.96. The minimum Gasteiger partial charge on any atom is -0.481 e. The summed E-state index contributed by atoms with van der Waals surface area (Å²) in [7, 11) is 1.58. The van der Waals surface area contributed by atoms with E-state index in [1.54, 1.807) is 25.6 Å². The van der Waals surface area contributed by atoms with Crippen LogP contribution < -0.4 is 19.3 Å². The molecule has 0 aliphatic carbocycles. The van der Waals surface area contributed by atoms with Gasteiger partial charge in [0.2, 0.25) is 5.88 Å². The molecule has 2 aliphatic rings. The van der Waals surface area contributed by atoms with Crippen molar-refractivity contribution < 1.29 is 13.9 Å². The van der Waals surface area contributed by atoms with Gasteiger partial charge in [-0.2, -0.15) is 0 Å². The van der Waals surface area contributed by atoms with E-state index in [1.165, 1.54) is 0 Å². The fraction of sp³-hybridized carbons (Fsp3) is 0.545. The zero-order chi connectivity index (χ0) is 21.3. The Hall–Kier alpha value is -2.28. The Morgan fingerprint density at radius 3 is 2.53 bits per heavy atom. The van der Waals surface area contributed by atoms with Gasteiger partial charge >= 0.3 is 0 Å². The van der Waals surface area contributed by atoms with Crippen molar-refractivity contribution in [3.05, 3.63) is 35.4 Å². The molecule has 0 saturated carbocycles. The van der Waals surface area contributed by atoms with E-state index in [0.29, 0.717) is 16.8 Å². The van der Waals surface area contributed by atoms with Crippen molar-refractivity contribution in [2.24, 2.45) is 11.8 Å². The molecular weight excluding hydrogens is 407 g/mol. The standard InChI is InChI=1S/C22H28ClFN4O2/c1-14-4-6-27(12-14)16-8-18(24)22(26-10-16)30-20-5-7-28(13-15(20)2)19-9-21(29-3)25-11-17(19)23/h8-11,14-15,20H,4-7,12-13H2,1-3H3. The Morgan fingerprint density at radius 2 is 1.87 bits per heavy atom. The molecule has 2 aromatic rings. The monoisotopic (exact) mass is 434 g/mol. The minimum absolute atomic E-state index is 0.0832. The van der Waals surface area contributed by atoms with Gasteiger partial charge in [-0.05, 0) is 12.3 Å². The van der Waals surface area contributed by atoms with Crippen LogP contribution in [0.1, 0.15) is 26.7 Å². The number of halogens is 2. The Bertz CT molecular complexity index is 899. The zero-order valence-electron chi connectivity index (χ0n) is 17.6. The quantitative estimate of drug-likeness (QED) is 0.694. The highest BCUT2D eigenvalue weighted by Crippen LogP contribution is 2.33. The van der Waals surface area contributed by atoms with E-state index < -0.39 is 5.82 Å². The maximum Gasteiger partial charge on any atom is 0.250 e. The normalized spacial score (nSPS) is 24.2. The van der Waals surface area contributed by atoms with E-state index in [0.717, 1.165) is 50.4 Å². The number of ether oxygens (including phenoxy) is 2. The van der Waals surface area contributed by atoms with Crippen molar-refractivity contribution in [1.29, 1.82) is 0 Å². The second-order valence-corrected chi connectivity index (χ2v) is 8.77. The predicted octanol–water partition coefficient (Wildman–Crippen LogP) is 4.42. The van der Waals surface area contributed by atoms with Crippen LogP contribution in [0.25, 0.3) is 0 Å². The molecule has 162 valence electrons. The van der Waals surface area contributed by atoms with Crippen molar-refractivity contribution in [1.82, 2.24) is 9.97 Å². The molecule has 2 fully saturated rings. The maximum atomic E-state index is 14.7. The first-order chi connectivity index (χ1) is 14.4. The molecule has 4 rings (SSSR count). The van der Waals surface area contributed by atoms with Gasteiger partial charge in [0.15, 0.2) is 5.82 Å². The lowest BCUT2D eigenvalue weighted by molar-refractivity contribution is 0.110. The highest BCUT2D eigenvalue weighted by molar-refractivity contribution is 6.33. The van der Waals surface area contributed by atoms with E-state index in [-0.39, 0.29) is 17.9 Å². The molecule has 0 amide bonds. The summed E-state index contributed by atoms with van der Waals surface area (Å²) in [6, 6.07) is 3.39. The molecule has 8 heteroatoms. The molecule has 2 aromatic heterocycles. The Balaban J connectivity index is 1.41. The van der Waals surface area contributed by atoms with Crippen LogP contribution in [0.5, 0.6) is 11.8 Å². The summed E-state index contributed by atoms with van der Waals surface area (Å²) in [4.78, 5) is 12.8. The van der Waals surface area contributed by atoms with Gasteiger partial charge < -0.3 is 19.3 Å². The summed E-state index contributed by atoms with van der Waals surface area (Å²) in [5.41, 5.74) is 1.72. The van der Waals surface area contributed by atoms with Crippen LogP contribution in [-0.2, 0) is 0 Å². The number of pyridine rings is 2. The van der Waals surface area contributed by atoms with Gasteiger partial charge in [0.25, 0.3) is 5.88 Å². The Labute approximate surface area is 182 Å². The van der Waals surface area contributed by atoms with Crippen LogP contribution in [0.4, 0.5) is 15.8 Å². The molecule has 30 heavy (non-hydrogen) atoms. The van der Waals surface area contributed by atoms with Crippen LogP contribution in [0.3, 0.4) is 0 Å². The van der Waals surface area contributed by atoms with Gasteiger partial charge in [-0.3, -0.25) is 0 Å². The Kier molecular flexibility index (Phi) is 6.18. The highest BCUT2D eigenvalue weighted by atomic mass is 35.5. The number of hydrogen-bond donors (Lipinski definition) is 0. The fourth-order valence-electron chi connectivity index (χ4n) is 4.27. The number of anilines is 2. The summed E-state index contributed by atoms with van der Waals surface area (Å²) in [5, 5.41) is 0.585. The Morgan fingerprint density at radius 1 is 1.07 bits per heavy atom. The maximum absolute atomic E-state index is 14.7. The molecule has 0 spiro atoms. The third-order valence-corrected chi connectivity index (χ3v) is 6.32. The van der Waals surface area contributed by atoms with Crippen molar-refractivity contribution in [2.75, 3.05) is 43.1 Å². The topological polar surface area (TPSA) is 50.7 Å². The molecule has 2 aliphatic heterocycles. The number of aromatic nitrogens is 2. The first kappa shape index (κ1) is 21.0. The molecule has 0 bridgehead atoms. The summed E-state index contributed by atoms with van der Waals surface area (Å²) in [5.74, 6) is 1.01. The lowest BCUT2D eigenvalue weighted by Gasteiger charge is -2.38. The highest BCUT2D eigenvalue weighted by Gasteiger charge is 2.30. The number of rotatable bonds is 5. The SMILES string of the molecule is COc1cc(N2CCC(Oc3ncc(N4CCC(C)C4)cc3F)C(C)C2)c(Cl)cn1. The molecule has 3 atom stereocenters. The summed E-state index contributed by atoms with van der Waals surface area (Å²) in [6.45, 7) is 7.68. The second kappa shape index (κ2) is 8.84. The second-order valence-electron chi connectivity index (χ2n) is 8.37. The van der Waals surface area contributed by atoms with Crippen LogP contribution in [0, 0.1) is 17.7 Å². The van der Waals surface area contributed by atoms with Gasteiger partial charge in [-0.1, -0.05) is 25.4 Å². The van der Waals surface area contributed by atoms with Crippen LogP contribution in [0.2, 0.25) is 5.02 Å². The lowest BCUT2D eigenvalue weighted by Crippen LogP contribution is -2.44. The van der Waals surface area contributed by atoms with Crippen LogP contribution in [0.15, 0.2) is 24.5 Å². The van der Waals surface area contributed by atoms with Gasteiger partial charge in [0, 0.05) is 50.7 Å². The number of hydrogen-bond acceptors (Lipinski definition) is 6. The minimum atomic E-state index is -0.399. The van der Waals surface area contributed by atoms with Crippen LogP contribution >= 0.6 is 11.6 Å². The first-order valence-corrected chi connectivity index (χ1v) is 10.8. The zero-order valence-corrected chi connectivity index (χ0v) is 18.4. The smallest absolute Gasteiger partial charge is 0.250 e. The third-order valence-electron chi connectivity index (χ3n) is 6.03. The van der Waals surface area contributed by atoms with Gasteiger partial charge in [0.1, 0.15) is 6.10 Å². The molecule has 6 nitrogen and oxygen atoms in total. The molecule has 0 N–H and O–H groups in total. The van der Waals surface area contributed by atoms with E-state index in [4.69, 9.17) is 21.1 Å². The molecule has 4 heterocycles. The average Bonchev–Trinajstić information content (AvgIpc) is 3.17. The van der Waals surface area contributed by atoms with Crippen LogP contribution in [-0.4, -0.2) is 49.4 Å². The molecule has 2 saturated heterocycles. The van der Waals surface area contributed by atoms with Crippen molar-refractivity contribution in [3.63, 3.8) is 0 Å². The van der Waals surface area contributed by atoms with E-state index in [2.05, 4.69) is 33.6 Å². The van der Waals surface area contributed by atoms with Gasteiger partial charge in [-0.15, -0.1) is 0 Å². The first-order valence-electron chi connectivity index (χ1n) is 10.5. The molecule has 0 radical (unpaired) electrons. The summed E-state index contributed by atoms with van der Waals surface area (Å²) < 4.78 is 25.9. The van der Waals surface area contributed by atoms with Gasteiger partial charge in [0.05, 0.1) is 35.9 Å². The van der Waals surface area contributed by atoms with E-state index in [9.17, 15) is 4.39 Å².